The first-order valence-electron chi connectivity index (χ1n) is 9.22. The van der Waals surface area contributed by atoms with Gasteiger partial charge in [-0.15, -0.1) is 11.3 Å². The highest BCUT2D eigenvalue weighted by Crippen LogP contribution is 2.37. The molecule has 160 valence electrons. The Kier molecular flexibility index (Phi) is 6.27. The molecule has 1 aromatic carbocycles. The Balaban J connectivity index is 2.04. The molecule has 0 aliphatic heterocycles. The third-order valence-electron chi connectivity index (χ3n) is 4.42. The number of hydrogen-bond donors (Lipinski definition) is 2. The molecule has 30 heavy (non-hydrogen) atoms. The van der Waals surface area contributed by atoms with Crippen LogP contribution in [0.2, 0.25) is 0 Å². The number of aromatic nitrogens is 2. The predicted octanol–water partition coefficient (Wildman–Crippen LogP) is 4.26. The van der Waals surface area contributed by atoms with E-state index in [-0.39, 0.29) is 21.3 Å². The van der Waals surface area contributed by atoms with Crippen LogP contribution in [0, 0.1) is 18.7 Å². The SMILES string of the molecule is Cc1nccn1Cc1ccc(-c2cc(CC(C)C)sc2S(=O)(=O)NC(=O)O)c(F)c1. The first-order chi connectivity index (χ1) is 14.1. The van der Waals surface area contributed by atoms with Gasteiger partial charge in [0.15, 0.2) is 0 Å². The quantitative estimate of drug-likeness (QED) is 0.559. The van der Waals surface area contributed by atoms with Crippen LogP contribution in [0.5, 0.6) is 0 Å². The minimum absolute atomic E-state index is 0.109. The summed E-state index contributed by atoms with van der Waals surface area (Å²) in [6.07, 6.45) is 2.36. The van der Waals surface area contributed by atoms with E-state index in [0.717, 1.165) is 22.0 Å². The van der Waals surface area contributed by atoms with Crippen molar-refractivity contribution in [2.75, 3.05) is 0 Å². The van der Waals surface area contributed by atoms with Crippen molar-refractivity contribution in [3.8, 4) is 11.1 Å². The molecule has 0 unspecified atom stereocenters. The van der Waals surface area contributed by atoms with Crippen LogP contribution in [0.4, 0.5) is 9.18 Å². The number of carbonyl (C=O) groups is 1. The Morgan fingerprint density at radius 2 is 2.03 bits per heavy atom. The topological polar surface area (TPSA) is 101 Å². The van der Waals surface area contributed by atoms with Crippen molar-refractivity contribution >= 4 is 27.5 Å². The molecule has 0 fully saturated rings. The molecule has 0 spiro atoms. The van der Waals surface area contributed by atoms with E-state index in [2.05, 4.69) is 4.98 Å². The van der Waals surface area contributed by atoms with E-state index in [1.54, 1.807) is 29.2 Å². The molecule has 0 atom stereocenters. The van der Waals surface area contributed by atoms with Gasteiger partial charge in [0.1, 0.15) is 15.9 Å². The number of nitrogens with zero attached hydrogens (tertiary/aromatic N) is 2. The average Bonchev–Trinajstić information content (AvgIpc) is 3.20. The summed E-state index contributed by atoms with van der Waals surface area (Å²) >= 11 is 0.957. The second-order valence-electron chi connectivity index (χ2n) is 7.34. The number of nitrogens with one attached hydrogen (secondary N) is 1. The molecular weight excluding hydrogens is 429 g/mol. The van der Waals surface area contributed by atoms with Gasteiger partial charge in [0.2, 0.25) is 0 Å². The van der Waals surface area contributed by atoms with Gasteiger partial charge in [-0.1, -0.05) is 26.0 Å². The van der Waals surface area contributed by atoms with Crippen LogP contribution in [0.15, 0.2) is 40.9 Å². The van der Waals surface area contributed by atoms with Gasteiger partial charge < -0.3 is 9.67 Å². The highest BCUT2D eigenvalue weighted by molar-refractivity contribution is 7.92. The zero-order valence-electron chi connectivity index (χ0n) is 16.7. The van der Waals surface area contributed by atoms with E-state index in [1.165, 1.54) is 12.1 Å². The summed E-state index contributed by atoms with van der Waals surface area (Å²) in [5.41, 5.74) is 0.966. The van der Waals surface area contributed by atoms with Gasteiger partial charge >= 0.3 is 6.09 Å². The molecular formula is C20H22FN3O4S2. The average molecular weight is 452 g/mol. The van der Waals surface area contributed by atoms with Gasteiger partial charge in [0, 0.05) is 34.9 Å². The van der Waals surface area contributed by atoms with Crippen LogP contribution in [0.25, 0.3) is 11.1 Å². The van der Waals surface area contributed by atoms with Crippen molar-refractivity contribution in [2.45, 2.75) is 37.9 Å². The summed E-state index contributed by atoms with van der Waals surface area (Å²) in [6, 6.07) is 6.23. The Bertz CT molecular complexity index is 1180. The number of sulfonamides is 1. The maximum atomic E-state index is 15.0. The molecule has 0 aliphatic carbocycles. The molecule has 1 amide bonds. The molecule has 2 heterocycles. The van der Waals surface area contributed by atoms with Crippen LogP contribution in [0.1, 0.15) is 30.1 Å². The van der Waals surface area contributed by atoms with E-state index < -0.39 is 21.9 Å². The minimum atomic E-state index is -4.34. The molecule has 10 heteroatoms. The Labute approximate surface area is 178 Å². The summed E-state index contributed by atoms with van der Waals surface area (Å²) < 4.78 is 43.3. The van der Waals surface area contributed by atoms with Crippen LogP contribution < -0.4 is 4.72 Å². The number of carboxylic acid groups (broad SMARTS) is 1. The fraction of sp³-hybridized carbons (Fsp3) is 0.300. The van der Waals surface area contributed by atoms with Crippen molar-refractivity contribution in [3.05, 3.63) is 58.7 Å². The highest BCUT2D eigenvalue weighted by Gasteiger charge is 2.27. The van der Waals surface area contributed by atoms with E-state index in [0.29, 0.717) is 18.5 Å². The second-order valence-corrected chi connectivity index (χ2v) is 10.4. The molecule has 2 aromatic heterocycles. The minimum Gasteiger partial charge on any atom is -0.464 e. The summed E-state index contributed by atoms with van der Waals surface area (Å²) in [4.78, 5) is 15.8. The summed E-state index contributed by atoms with van der Waals surface area (Å²) in [5.74, 6) is 0.472. The first-order valence-corrected chi connectivity index (χ1v) is 11.5. The summed E-state index contributed by atoms with van der Waals surface area (Å²) in [5, 5.41) is 8.89. The monoisotopic (exact) mass is 451 g/mol. The van der Waals surface area contributed by atoms with E-state index in [1.807, 2.05) is 25.3 Å². The standard InChI is InChI=1S/C20H22FN3O4S2/c1-12(2)8-15-10-17(19(29-15)30(27,28)23-20(25)26)16-5-4-14(9-18(16)21)11-24-7-6-22-13(24)3/h4-7,9-10,12,23H,8,11H2,1-3H3,(H,25,26). The van der Waals surface area contributed by atoms with E-state index >= 15 is 4.39 Å². The fourth-order valence-electron chi connectivity index (χ4n) is 3.12. The van der Waals surface area contributed by atoms with Gasteiger partial charge in [-0.3, -0.25) is 0 Å². The van der Waals surface area contributed by atoms with Crippen molar-refractivity contribution in [2.24, 2.45) is 5.92 Å². The van der Waals surface area contributed by atoms with Crippen molar-refractivity contribution in [1.29, 1.82) is 0 Å². The van der Waals surface area contributed by atoms with Crippen LogP contribution >= 0.6 is 11.3 Å². The van der Waals surface area contributed by atoms with Crippen molar-refractivity contribution < 1.29 is 22.7 Å². The zero-order valence-corrected chi connectivity index (χ0v) is 18.3. The summed E-state index contributed by atoms with van der Waals surface area (Å²) in [6.45, 7) is 6.24. The number of halogens is 1. The Morgan fingerprint density at radius 3 is 2.60 bits per heavy atom. The lowest BCUT2D eigenvalue weighted by atomic mass is 10.0. The molecule has 0 saturated heterocycles. The molecule has 7 nitrogen and oxygen atoms in total. The van der Waals surface area contributed by atoms with E-state index in [9.17, 15) is 13.2 Å². The van der Waals surface area contributed by atoms with Gasteiger partial charge in [0.25, 0.3) is 10.0 Å². The molecule has 0 aliphatic rings. The van der Waals surface area contributed by atoms with Gasteiger partial charge in [0.05, 0.1) is 0 Å². The van der Waals surface area contributed by atoms with Gasteiger partial charge in [-0.05, 0) is 37.0 Å². The number of hydrogen-bond acceptors (Lipinski definition) is 5. The predicted molar refractivity (Wildman–Crippen MR) is 113 cm³/mol. The number of thiophene rings is 1. The van der Waals surface area contributed by atoms with Gasteiger partial charge in [-0.2, -0.15) is 0 Å². The number of imidazole rings is 1. The number of aryl methyl sites for hydroxylation is 1. The van der Waals surface area contributed by atoms with Crippen LogP contribution in [-0.2, 0) is 23.0 Å². The third-order valence-corrected chi connectivity index (χ3v) is 7.44. The molecule has 0 radical (unpaired) electrons. The number of benzene rings is 1. The molecule has 2 N–H and O–H groups in total. The molecule has 3 aromatic rings. The largest absolute Gasteiger partial charge is 0.464 e. The van der Waals surface area contributed by atoms with E-state index in [4.69, 9.17) is 5.11 Å². The van der Waals surface area contributed by atoms with Crippen LogP contribution in [-0.4, -0.2) is 29.2 Å². The smallest absolute Gasteiger partial charge is 0.418 e. The third kappa shape index (κ3) is 4.88. The second kappa shape index (κ2) is 8.57. The lowest BCUT2D eigenvalue weighted by Crippen LogP contribution is -2.28. The van der Waals surface area contributed by atoms with Crippen LogP contribution in [0.3, 0.4) is 0 Å². The lowest BCUT2D eigenvalue weighted by Gasteiger charge is -2.09. The lowest BCUT2D eigenvalue weighted by molar-refractivity contribution is 0.201. The molecule has 0 saturated carbocycles. The Morgan fingerprint density at radius 1 is 1.30 bits per heavy atom. The van der Waals surface area contributed by atoms with Crippen molar-refractivity contribution in [1.82, 2.24) is 14.3 Å². The first kappa shape index (κ1) is 22.0. The van der Waals surface area contributed by atoms with Crippen molar-refractivity contribution in [3.63, 3.8) is 0 Å². The normalized spacial score (nSPS) is 11.8. The summed E-state index contributed by atoms with van der Waals surface area (Å²) in [7, 11) is -4.34. The highest BCUT2D eigenvalue weighted by atomic mass is 32.2. The maximum absolute atomic E-state index is 15.0. The molecule has 0 bridgehead atoms. The van der Waals surface area contributed by atoms with Gasteiger partial charge in [-0.25, -0.2) is 27.3 Å². The molecule has 3 rings (SSSR count). The number of amides is 1. The number of rotatable bonds is 7. The zero-order chi connectivity index (χ0) is 22.1. The maximum Gasteiger partial charge on any atom is 0.418 e. The Hall–Kier alpha value is -2.72. The fourth-order valence-corrected chi connectivity index (χ4v) is 5.89.